The van der Waals surface area contributed by atoms with Crippen LogP contribution in [0.1, 0.15) is 31.9 Å². The van der Waals surface area contributed by atoms with Gasteiger partial charge in [-0.05, 0) is 33.4 Å². The molecule has 0 aliphatic heterocycles. The number of thiazole rings is 1. The zero-order valence-electron chi connectivity index (χ0n) is 17.1. The van der Waals surface area contributed by atoms with Gasteiger partial charge in [0.05, 0.1) is 4.53 Å². The molecule has 0 amide bonds. The van der Waals surface area contributed by atoms with E-state index in [2.05, 4.69) is 61.2 Å². The van der Waals surface area contributed by atoms with Crippen molar-refractivity contribution in [2.24, 2.45) is 0 Å². The van der Waals surface area contributed by atoms with Gasteiger partial charge in [-0.3, -0.25) is 4.79 Å². The van der Waals surface area contributed by atoms with Crippen LogP contribution >= 0.6 is 11.3 Å². The number of rotatable bonds is 2. The van der Waals surface area contributed by atoms with E-state index < -0.39 is 0 Å². The second-order valence-electron chi connectivity index (χ2n) is 8.44. The van der Waals surface area contributed by atoms with Gasteiger partial charge in [-0.25, -0.2) is 0 Å². The van der Waals surface area contributed by atoms with E-state index in [1.807, 2.05) is 42.5 Å². The number of benzene rings is 3. The summed E-state index contributed by atoms with van der Waals surface area (Å²) in [6.07, 6.45) is 1.93. The average molecular weight is 412 g/mol. The minimum Gasteiger partial charge on any atom is -0.266 e. The fourth-order valence-corrected chi connectivity index (χ4v) is 4.49. The Balaban J connectivity index is 1.57. The van der Waals surface area contributed by atoms with E-state index in [1.54, 1.807) is 0 Å². The maximum absolute atomic E-state index is 12.9. The van der Waals surface area contributed by atoms with Gasteiger partial charge < -0.3 is 0 Å². The third kappa shape index (κ3) is 3.21. The van der Waals surface area contributed by atoms with Gasteiger partial charge in [0.25, 0.3) is 5.56 Å². The van der Waals surface area contributed by atoms with Crippen molar-refractivity contribution in [3.63, 3.8) is 0 Å². The van der Waals surface area contributed by atoms with E-state index in [1.165, 1.54) is 21.4 Å². The molecule has 3 aromatic carbocycles. The summed E-state index contributed by atoms with van der Waals surface area (Å²) >= 11 is 1.37. The predicted molar refractivity (Wildman–Crippen MR) is 124 cm³/mol. The second kappa shape index (κ2) is 6.89. The Kier molecular flexibility index (Phi) is 4.29. The van der Waals surface area contributed by atoms with E-state index in [0.29, 0.717) is 15.3 Å². The third-order valence-corrected chi connectivity index (χ3v) is 6.26. The lowest BCUT2D eigenvalue weighted by Crippen LogP contribution is -2.23. The summed E-state index contributed by atoms with van der Waals surface area (Å²) in [6.45, 7) is 6.56. The first-order chi connectivity index (χ1) is 14.4. The van der Waals surface area contributed by atoms with Crippen molar-refractivity contribution < 1.29 is 0 Å². The molecule has 5 heteroatoms. The Morgan fingerprint density at radius 2 is 1.67 bits per heavy atom. The molecule has 4 nitrogen and oxygen atoms in total. The number of nitrogens with zero attached hydrogens (tertiary/aromatic N) is 3. The molecule has 0 bridgehead atoms. The highest BCUT2D eigenvalue weighted by Gasteiger charge is 2.15. The largest absolute Gasteiger partial charge is 0.291 e. The van der Waals surface area contributed by atoms with Crippen LogP contribution in [0.2, 0.25) is 0 Å². The Hall–Kier alpha value is -3.31. The van der Waals surface area contributed by atoms with Gasteiger partial charge in [0.2, 0.25) is 4.96 Å². The zero-order valence-corrected chi connectivity index (χ0v) is 17.9. The van der Waals surface area contributed by atoms with Gasteiger partial charge in [0, 0.05) is 5.56 Å². The van der Waals surface area contributed by atoms with E-state index in [0.717, 1.165) is 21.9 Å². The first-order valence-corrected chi connectivity index (χ1v) is 10.7. The zero-order chi connectivity index (χ0) is 20.9. The van der Waals surface area contributed by atoms with Crippen LogP contribution in [-0.2, 0) is 5.41 Å². The standard InChI is InChI=1S/C25H21N3OS/c1-25(2,3)19-13-11-17(12-14-19)22-26-24-28(27-22)23(29)21(30-24)15-18-9-6-8-16-7-4-5-10-20(16)18/h4-15H,1-3H3/b21-15-. The van der Waals surface area contributed by atoms with Crippen LogP contribution < -0.4 is 10.1 Å². The van der Waals surface area contributed by atoms with Gasteiger partial charge in [0.15, 0.2) is 5.82 Å². The van der Waals surface area contributed by atoms with E-state index in [-0.39, 0.29) is 11.0 Å². The molecule has 0 unspecified atom stereocenters. The fourth-order valence-electron chi connectivity index (χ4n) is 3.59. The first-order valence-electron chi connectivity index (χ1n) is 9.90. The van der Waals surface area contributed by atoms with E-state index in [9.17, 15) is 4.79 Å². The summed E-state index contributed by atoms with van der Waals surface area (Å²) in [4.78, 5) is 18.2. The Morgan fingerprint density at radius 1 is 0.933 bits per heavy atom. The lowest BCUT2D eigenvalue weighted by atomic mass is 9.87. The molecular formula is C25H21N3OS. The van der Waals surface area contributed by atoms with Gasteiger partial charge >= 0.3 is 0 Å². The highest BCUT2D eigenvalue weighted by atomic mass is 32.1. The molecule has 5 rings (SSSR count). The Labute approximate surface area is 178 Å². The smallest absolute Gasteiger partial charge is 0.266 e. The molecule has 0 aliphatic rings. The lowest BCUT2D eigenvalue weighted by molar-refractivity contribution is 0.590. The van der Waals surface area contributed by atoms with Crippen molar-refractivity contribution in [1.82, 2.24) is 14.6 Å². The molecule has 0 fully saturated rings. The number of aromatic nitrogens is 3. The molecule has 0 saturated heterocycles. The third-order valence-electron chi connectivity index (χ3n) is 5.30. The maximum atomic E-state index is 12.9. The molecular weight excluding hydrogens is 390 g/mol. The normalized spacial score (nSPS) is 12.8. The summed E-state index contributed by atoms with van der Waals surface area (Å²) < 4.78 is 2.05. The van der Waals surface area contributed by atoms with Crippen LogP contribution in [0.25, 0.3) is 33.2 Å². The summed E-state index contributed by atoms with van der Waals surface area (Å²) in [6, 6.07) is 22.5. The molecule has 0 saturated carbocycles. The van der Waals surface area contributed by atoms with Crippen LogP contribution in [0.15, 0.2) is 71.5 Å². The molecule has 2 heterocycles. The summed E-state index contributed by atoms with van der Waals surface area (Å²) in [5.74, 6) is 0.579. The monoisotopic (exact) mass is 411 g/mol. The van der Waals surface area contributed by atoms with Crippen molar-refractivity contribution in [3.8, 4) is 11.4 Å². The number of hydrogen-bond acceptors (Lipinski definition) is 4. The number of fused-ring (bicyclic) bond motifs is 2. The van der Waals surface area contributed by atoms with Gasteiger partial charge in [-0.1, -0.05) is 98.8 Å². The van der Waals surface area contributed by atoms with Crippen molar-refractivity contribution in [1.29, 1.82) is 0 Å². The first kappa shape index (κ1) is 18.7. The second-order valence-corrected chi connectivity index (χ2v) is 9.45. The Bertz CT molecular complexity index is 1480. The quantitative estimate of drug-likeness (QED) is 0.419. The summed E-state index contributed by atoms with van der Waals surface area (Å²) in [7, 11) is 0. The lowest BCUT2D eigenvalue weighted by Gasteiger charge is -2.18. The van der Waals surface area contributed by atoms with Crippen molar-refractivity contribution in [2.75, 3.05) is 0 Å². The molecule has 0 atom stereocenters. The van der Waals surface area contributed by atoms with Crippen LogP contribution in [0.5, 0.6) is 0 Å². The van der Waals surface area contributed by atoms with Crippen molar-refractivity contribution in [3.05, 3.63) is 92.7 Å². The van der Waals surface area contributed by atoms with Crippen molar-refractivity contribution in [2.45, 2.75) is 26.2 Å². The minimum absolute atomic E-state index is 0.0923. The molecule has 0 aliphatic carbocycles. The Morgan fingerprint density at radius 3 is 2.40 bits per heavy atom. The molecule has 30 heavy (non-hydrogen) atoms. The summed E-state index contributed by atoms with van der Waals surface area (Å²) in [5, 5.41) is 6.76. The molecule has 0 radical (unpaired) electrons. The molecule has 2 aromatic heterocycles. The van der Waals surface area contributed by atoms with Crippen LogP contribution in [0.3, 0.4) is 0 Å². The highest BCUT2D eigenvalue weighted by Crippen LogP contribution is 2.25. The summed E-state index contributed by atoms with van der Waals surface area (Å²) in [5.41, 5.74) is 3.15. The minimum atomic E-state index is -0.131. The molecule has 0 N–H and O–H groups in total. The number of hydrogen-bond donors (Lipinski definition) is 0. The average Bonchev–Trinajstić information content (AvgIpc) is 3.27. The van der Waals surface area contributed by atoms with Crippen LogP contribution in [0, 0.1) is 0 Å². The van der Waals surface area contributed by atoms with Gasteiger partial charge in [-0.15, -0.1) is 5.10 Å². The predicted octanol–water partition coefficient (Wildman–Crippen LogP) is 4.82. The SMILES string of the molecule is CC(C)(C)c1ccc(-c2nc3s/c(=C\c4cccc5ccccc45)c(=O)n3n2)cc1. The maximum Gasteiger partial charge on any atom is 0.291 e. The molecule has 0 spiro atoms. The van der Waals surface area contributed by atoms with Crippen LogP contribution in [-0.4, -0.2) is 14.6 Å². The fraction of sp³-hybridized carbons (Fsp3) is 0.160. The van der Waals surface area contributed by atoms with E-state index in [4.69, 9.17) is 0 Å². The highest BCUT2D eigenvalue weighted by molar-refractivity contribution is 7.15. The van der Waals surface area contributed by atoms with Crippen molar-refractivity contribution >= 4 is 33.1 Å². The van der Waals surface area contributed by atoms with Gasteiger partial charge in [-0.2, -0.15) is 9.50 Å². The topological polar surface area (TPSA) is 47.3 Å². The molecule has 5 aromatic rings. The van der Waals surface area contributed by atoms with E-state index >= 15 is 0 Å². The van der Waals surface area contributed by atoms with Gasteiger partial charge in [0.1, 0.15) is 0 Å². The van der Waals surface area contributed by atoms with Crippen LogP contribution in [0.4, 0.5) is 0 Å². The molecule has 148 valence electrons.